The first kappa shape index (κ1) is 47.7. The van der Waals surface area contributed by atoms with Crippen molar-refractivity contribution in [1.29, 1.82) is 0 Å². The van der Waals surface area contributed by atoms with Crippen LogP contribution in [0.5, 0.6) is 86.2 Å². The zero-order valence-corrected chi connectivity index (χ0v) is 32.8. The highest BCUT2D eigenvalue weighted by Crippen LogP contribution is 2.56. The summed E-state index contributed by atoms with van der Waals surface area (Å²) in [6.07, 6.45) is -7.66. The van der Waals surface area contributed by atoms with Crippen molar-refractivity contribution in [3.05, 3.63) is 88.5 Å². The van der Waals surface area contributed by atoms with Crippen molar-refractivity contribution in [2.75, 3.05) is 0 Å². The number of aliphatic hydroxyl groups excluding tert-OH is 1. The maximum Gasteiger partial charge on any atom is 0.205 e. The molecule has 5 aromatic carbocycles. The van der Waals surface area contributed by atoms with Gasteiger partial charge in [0.05, 0.1) is 0 Å². The molecule has 1 aliphatic rings. The lowest BCUT2D eigenvalue weighted by Crippen LogP contribution is -2.94. The van der Waals surface area contributed by atoms with Crippen LogP contribution in [-0.4, -0.2) is 161 Å². The molecule has 0 spiro atoms. The van der Waals surface area contributed by atoms with Crippen LogP contribution in [-0.2, 0) is 4.74 Å². The van der Waals surface area contributed by atoms with E-state index in [1.165, 1.54) is 0 Å². The van der Waals surface area contributed by atoms with Crippen molar-refractivity contribution in [2.45, 2.75) is 34.8 Å². The summed E-state index contributed by atoms with van der Waals surface area (Å²) in [7, 11) is 0. The molecule has 1 aliphatic heterocycles. The van der Waals surface area contributed by atoms with Crippen LogP contribution >= 0.6 is 0 Å². The largest absolute Gasteiger partial charge is 0.820 e. The Morgan fingerprint density at radius 1 is 0.403 bits per heavy atom. The first-order valence-electron chi connectivity index (χ1n) is 18.1. The predicted molar refractivity (Wildman–Crippen MR) is 207 cm³/mol. The Balaban J connectivity index is 1.86. The minimum atomic E-state index is -5.52. The van der Waals surface area contributed by atoms with Crippen molar-refractivity contribution in [3.8, 4) is 86.2 Å². The third-order valence-corrected chi connectivity index (χ3v) is 10.8. The minimum Gasteiger partial charge on any atom is -0.820 e. The molecule has 19 N–H and O–H groups in total. The summed E-state index contributed by atoms with van der Waals surface area (Å²) in [6, 6.07) is 0.951. The van der Waals surface area contributed by atoms with E-state index in [4.69, 9.17) is 4.74 Å². The summed E-state index contributed by atoms with van der Waals surface area (Å²) in [5.74, 6) is -40.5. The zero-order chi connectivity index (χ0) is 50.4. The highest BCUT2D eigenvalue weighted by Gasteiger charge is 2.84. The van der Waals surface area contributed by atoms with Gasteiger partial charge in [0.25, 0.3) is 0 Å². The van der Waals surface area contributed by atoms with Gasteiger partial charge in [-0.25, -0.2) is 0 Å². The van der Waals surface area contributed by atoms with Gasteiger partial charge in [-0.05, 0) is 60.7 Å². The van der Waals surface area contributed by atoms with E-state index in [9.17, 15) is 107 Å². The third-order valence-electron chi connectivity index (χ3n) is 10.8. The Hall–Kier alpha value is -8.79. The van der Waals surface area contributed by atoms with E-state index >= 15 is 19.5 Å². The van der Waals surface area contributed by atoms with Crippen molar-refractivity contribution in [3.63, 3.8) is 0 Å². The molecule has 5 aromatic rings. The number of ketones is 5. The monoisotopic (exact) mass is 939 g/mol. The summed E-state index contributed by atoms with van der Waals surface area (Å²) in [4.78, 5) is 74.2. The van der Waals surface area contributed by atoms with E-state index in [0.717, 1.165) is 0 Å². The highest BCUT2D eigenvalue weighted by molar-refractivity contribution is 6.22. The summed E-state index contributed by atoms with van der Waals surface area (Å²) < 4.78 is 5.20. The van der Waals surface area contributed by atoms with Gasteiger partial charge in [0, 0.05) is 27.8 Å². The van der Waals surface area contributed by atoms with E-state index in [-0.39, 0.29) is 60.7 Å². The maximum atomic E-state index is 15.8. The Bertz CT molecular complexity index is 2880. The molecule has 352 valence electrons. The number of hydrogen-bond acceptors (Lipinski definition) is 26. The number of rotatable bonds is 11. The van der Waals surface area contributed by atoms with Gasteiger partial charge in [-0.3, -0.25) is 24.0 Å². The first-order valence-corrected chi connectivity index (χ1v) is 18.1. The lowest BCUT2D eigenvalue weighted by Gasteiger charge is -2.65. The van der Waals surface area contributed by atoms with Crippen LogP contribution in [0, 0.1) is 0 Å². The van der Waals surface area contributed by atoms with Crippen LogP contribution in [0.3, 0.4) is 0 Å². The van der Waals surface area contributed by atoms with Crippen LogP contribution in [0.4, 0.5) is 0 Å². The summed E-state index contributed by atoms with van der Waals surface area (Å²) >= 11 is 0. The Morgan fingerprint density at radius 2 is 0.642 bits per heavy atom. The van der Waals surface area contributed by atoms with Crippen LogP contribution in [0.15, 0.2) is 60.7 Å². The van der Waals surface area contributed by atoms with Gasteiger partial charge in [-0.1, -0.05) is 0 Å². The fourth-order valence-electron chi connectivity index (χ4n) is 7.35. The number of phenolic OH excluding ortho intramolecular Hbond substituents is 15. The van der Waals surface area contributed by atoms with Crippen LogP contribution < -0.4 is 5.11 Å². The highest BCUT2D eigenvalue weighted by atomic mass is 16.7. The van der Waals surface area contributed by atoms with Gasteiger partial charge in [0.2, 0.25) is 17.2 Å². The van der Waals surface area contributed by atoms with Crippen LogP contribution in [0.1, 0.15) is 51.8 Å². The van der Waals surface area contributed by atoms with Crippen LogP contribution in [0.2, 0.25) is 0 Å². The number of aromatic hydroxyl groups is 15. The normalized spacial score (nSPS) is 23.0. The molecule has 0 amide bonds. The Kier molecular flexibility index (Phi) is 11.2. The number of carbonyl (C=O) groups is 5. The number of aliphatic hydroxyl groups is 4. The lowest BCUT2D eigenvalue weighted by atomic mass is 9.54. The quantitative estimate of drug-likeness (QED) is 0.0503. The maximum absolute atomic E-state index is 15.8. The molecule has 0 saturated carbocycles. The van der Waals surface area contributed by atoms with Crippen LogP contribution in [0.25, 0.3) is 0 Å². The topological polar surface area (TPSA) is 502 Å². The molecule has 0 bridgehead atoms. The average molecular weight is 940 g/mol. The fourth-order valence-corrected chi connectivity index (χ4v) is 7.35. The molecule has 0 aromatic heterocycles. The standard InChI is InChI=1S/C41H31O26/c42-16-1-11(2-17(43)27(16)53)26(52)32(58)37-38(63,33(59)12-3-18(44)28(54)19(45)4-12)39(64,34(60)13-5-20(46)29(55)21(47)6-13)40(65,35(61)14-7-22(48)30(56)23(49)8-14)41(66,67-37)36(62)15-9-24(50)31(57)25(51)10-15/h1-10,32,37,42-51,53-58,63-65H/q-1/t32?,37-,38-,39+,40+,41-/m1/s1. The van der Waals surface area contributed by atoms with Gasteiger partial charge in [0.15, 0.2) is 115 Å². The molecule has 1 saturated heterocycles. The molecular weight excluding hydrogens is 908 g/mol. The van der Waals surface area contributed by atoms with E-state index in [0.29, 0.717) is 0 Å². The molecule has 6 atom stereocenters. The van der Waals surface area contributed by atoms with Crippen molar-refractivity contribution in [1.82, 2.24) is 0 Å². The zero-order valence-electron chi connectivity index (χ0n) is 32.8. The number of carbonyl (C=O) groups excluding carboxylic acids is 5. The van der Waals surface area contributed by atoms with E-state index in [2.05, 4.69) is 0 Å². The van der Waals surface area contributed by atoms with E-state index in [1.807, 2.05) is 0 Å². The molecule has 6 rings (SSSR count). The molecule has 1 fully saturated rings. The van der Waals surface area contributed by atoms with Gasteiger partial charge < -0.3 is 107 Å². The molecular formula is C41H31O26-. The molecule has 67 heavy (non-hydrogen) atoms. The van der Waals surface area contributed by atoms with Crippen molar-refractivity contribution in [2.24, 2.45) is 0 Å². The second-order valence-electron chi connectivity index (χ2n) is 14.8. The summed E-state index contributed by atoms with van der Waals surface area (Å²) in [5.41, 5.74) is -23.7. The number of phenols is 15. The Labute approximate surface area is 368 Å². The second kappa shape index (κ2) is 15.7. The van der Waals surface area contributed by atoms with Gasteiger partial charge in [-0.15, -0.1) is 0 Å². The first-order chi connectivity index (χ1) is 30.9. The molecule has 0 aliphatic carbocycles. The van der Waals surface area contributed by atoms with E-state index in [1.54, 1.807) is 0 Å². The smallest absolute Gasteiger partial charge is 0.205 e. The van der Waals surface area contributed by atoms with Crippen molar-refractivity contribution < 1.29 is 131 Å². The molecule has 26 heteroatoms. The second-order valence-corrected chi connectivity index (χ2v) is 14.8. The Morgan fingerprint density at radius 3 is 0.940 bits per heavy atom. The summed E-state index contributed by atoms with van der Waals surface area (Å²) in [6.45, 7) is 0. The molecule has 0 radical (unpaired) electrons. The number of hydrogen-bond donors (Lipinski definition) is 19. The van der Waals surface area contributed by atoms with Gasteiger partial charge in [-0.2, -0.15) is 0 Å². The fraction of sp³-hybridized carbons (Fsp3) is 0.146. The van der Waals surface area contributed by atoms with E-state index < -0.39 is 178 Å². The average Bonchev–Trinajstić information content (AvgIpc) is 3.27. The van der Waals surface area contributed by atoms with Gasteiger partial charge >= 0.3 is 0 Å². The third kappa shape index (κ3) is 6.71. The predicted octanol–water partition coefficient (Wildman–Crippen LogP) is -2.01. The number of ether oxygens (including phenoxy) is 1. The number of Topliss-reactive ketones (excluding diaryl/α,β-unsaturated/α-hetero) is 5. The lowest BCUT2D eigenvalue weighted by molar-refractivity contribution is -0.587. The minimum absolute atomic E-state index is 0.0278. The molecule has 26 nitrogen and oxygen atoms in total. The SMILES string of the molecule is O=C(c1cc(O)c(O)c(O)c1)C(O)[C@H]1O[C@]([O-])(C(=O)c2cc(O)c(O)c(O)c2)[C@](O)(C(=O)c2cc(O)c(O)c(O)c2)[C@](O)(C(=O)c2cc(O)c(O)c(O)c2)[C@@]1(O)C(=O)c1cc(O)c(O)c(O)c1. The van der Waals surface area contributed by atoms with Crippen molar-refractivity contribution >= 4 is 28.9 Å². The molecule has 1 unspecified atom stereocenters. The summed E-state index contributed by atoms with van der Waals surface area (Å²) in [5, 5.41) is 220. The molecule has 1 heterocycles. The van der Waals surface area contributed by atoms with Gasteiger partial charge in [0.1, 0.15) is 18.0 Å². The number of benzene rings is 5.